The Morgan fingerprint density at radius 1 is 1.39 bits per heavy atom. The van der Waals surface area contributed by atoms with Gasteiger partial charge in [-0.05, 0) is 33.2 Å². The molecule has 1 aliphatic rings. The number of rotatable bonds is 5. The van der Waals surface area contributed by atoms with E-state index in [4.69, 9.17) is 0 Å². The summed E-state index contributed by atoms with van der Waals surface area (Å²) in [5, 5.41) is 6.04. The van der Waals surface area contributed by atoms with Gasteiger partial charge in [0.05, 0.1) is 12.5 Å². The highest BCUT2D eigenvalue weighted by Crippen LogP contribution is 2.18. The Balaban J connectivity index is 2.54. The second-order valence-electron chi connectivity index (χ2n) is 5.32. The van der Waals surface area contributed by atoms with Gasteiger partial charge in [0.25, 0.3) is 0 Å². The van der Waals surface area contributed by atoms with Crippen LogP contribution in [0.25, 0.3) is 0 Å². The predicted octanol–water partition coefficient (Wildman–Crippen LogP) is 0.215. The number of hydrogen-bond acceptors (Lipinski definition) is 3. The fourth-order valence-electron chi connectivity index (χ4n) is 2.26. The molecule has 18 heavy (non-hydrogen) atoms. The monoisotopic (exact) mass is 255 g/mol. The topological polar surface area (TPSA) is 61.4 Å². The van der Waals surface area contributed by atoms with Crippen molar-refractivity contribution >= 4 is 11.8 Å². The van der Waals surface area contributed by atoms with Gasteiger partial charge in [0, 0.05) is 19.1 Å². The van der Waals surface area contributed by atoms with Crippen LogP contribution in [0.15, 0.2) is 0 Å². The summed E-state index contributed by atoms with van der Waals surface area (Å²) in [7, 11) is 0. The van der Waals surface area contributed by atoms with E-state index < -0.39 is 0 Å². The predicted molar refractivity (Wildman–Crippen MR) is 71.1 cm³/mol. The van der Waals surface area contributed by atoms with E-state index in [0.29, 0.717) is 12.5 Å². The van der Waals surface area contributed by atoms with Crippen molar-refractivity contribution in [3.05, 3.63) is 0 Å². The molecule has 0 bridgehead atoms. The van der Waals surface area contributed by atoms with Crippen molar-refractivity contribution in [3.8, 4) is 0 Å². The number of carbonyl (C=O) groups excluding carboxylic acids is 2. The first-order chi connectivity index (χ1) is 8.45. The van der Waals surface area contributed by atoms with Gasteiger partial charge < -0.3 is 15.5 Å². The van der Waals surface area contributed by atoms with Crippen LogP contribution in [0, 0.1) is 11.8 Å². The van der Waals surface area contributed by atoms with Gasteiger partial charge in [0.2, 0.25) is 11.8 Å². The maximum atomic E-state index is 12.3. The first kappa shape index (κ1) is 15.0. The molecule has 0 saturated carbocycles. The van der Waals surface area contributed by atoms with Crippen LogP contribution in [0.3, 0.4) is 0 Å². The van der Waals surface area contributed by atoms with E-state index in [-0.39, 0.29) is 30.3 Å². The van der Waals surface area contributed by atoms with Crippen LogP contribution >= 0.6 is 0 Å². The molecule has 0 aliphatic carbocycles. The normalized spacial score (nSPS) is 23.2. The standard InChI is InChI=1S/C13H25N3O2/c1-5-16(8-12(17)15-9(2)3)13(18)11-7-14-6-10(11)4/h9-11,14H,5-8H2,1-4H3,(H,15,17)/t10-,11-/m1/s1. The number of nitrogens with zero attached hydrogens (tertiary/aromatic N) is 1. The van der Waals surface area contributed by atoms with Crippen molar-refractivity contribution in [2.75, 3.05) is 26.2 Å². The lowest BCUT2D eigenvalue weighted by Crippen LogP contribution is -2.45. The summed E-state index contributed by atoms with van der Waals surface area (Å²) < 4.78 is 0. The van der Waals surface area contributed by atoms with Crippen molar-refractivity contribution in [1.29, 1.82) is 0 Å². The zero-order valence-corrected chi connectivity index (χ0v) is 11.8. The van der Waals surface area contributed by atoms with Crippen molar-refractivity contribution < 1.29 is 9.59 Å². The summed E-state index contributed by atoms with van der Waals surface area (Å²) in [6.07, 6.45) is 0. The van der Waals surface area contributed by atoms with Crippen LogP contribution in [-0.4, -0.2) is 48.9 Å². The molecule has 5 nitrogen and oxygen atoms in total. The molecule has 2 atom stereocenters. The van der Waals surface area contributed by atoms with Crippen LogP contribution in [-0.2, 0) is 9.59 Å². The third kappa shape index (κ3) is 3.98. The number of nitrogens with one attached hydrogen (secondary N) is 2. The van der Waals surface area contributed by atoms with E-state index >= 15 is 0 Å². The Hall–Kier alpha value is -1.10. The minimum Gasteiger partial charge on any atom is -0.352 e. The minimum absolute atomic E-state index is 0.0109. The van der Waals surface area contributed by atoms with E-state index in [2.05, 4.69) is 17.6 Å². The maximum Gasteiger partial charge on any atom is 0.239 e. The van der Waals surface area contributed by atoms with Gasteiger partial charge in [0.1, 0.15) is 0 Å². The molecule has 0 unspecified atom stereocenters. The van der Waals surface area contributed by atoms with E-state index in [1.165, 1.54) is 0 Å². The zero-order chi connectivity index (χ0) is 13.7. The lowest BCUT2D eigenvalue weighted by atomic mass is 9.96. The van der Waals surface area contributed by atoms with E-state index in [9.17, 15) is 9.59 Å². The molecule has 104 valence electrons. The summed E-state index contributed by atoms with van der Waals surface area (Å²) in [4.78, 5) is 25.7. The van der Waals surface area contributed by atoms with E-state index in [0.717, 1.165) is 13.1 Å². The molecular weight excluding hydrogens is 230 g/mol. The fourth-order valence-corrected chi connectivity index (χ4v) is 2.26. The Bertz CT molecular complexity index is 305. The second-order valence-corrected chi connectivity index (χ2v) is 5.32. The Kier molecular flexibility index (Phi) is 5.59. The summed E-state index contributed by atoms with van der Waals surface area (Å²) in [6.45, 7) is 10.2. The molecule has 1 aliphatic heterocycles. The van der Waals surface area contributed by atoms with Crippen LogP contribution in [0.1, 0.15) is 27.7 Å². The molecule has 0 aromatic rings. The van der Waals surface area contributed by atoms with Crippen molar-refractivity contribution in [2.45, 2.75) is 33.7 Å². The molecule has 0 radical (unpaired) electrons. The molecule has 1 saturated heterocycles. The van der Waals surface area contributed by atoms with Gasteiger partial charge in [0.15, 0.2) is 0 Å². The Morgan fingerprint density at radius 3 is 2.50 bits per heavy atom. The highest BCUT2D eigenvalue weighted by atomic mass is 16.2. The second kappa shape index (κ2) is 6.73. The lowest BCUT2D eigenvalue weighted by molar-refractivity contribution is -0.139. The fraction of sp³-hybridized carbons (Fsp3) is 0.846. The molecule has 2 N–H and O–H groups in total. The smallest absolute Gasteiger partial charge is 0.239 e. The molecule has 5 heteroatoms. The van der Waals surface area contributed by atoms with Gasteiger partial charge in [-0.15, -0.1) is 0 Å². The van der Waals surface area contributed by atoms with Gasteiger partial charge >= 0.3 is 0 Å². The van der Waals surface area contributed by atoms with Gasteiger partial charge in [-0.25, -0.2) is 0 Å². The van der Waals surface area contributed by atoms with Gasteiger partial charge in [-0.1, -0.05) is 6.92 Å². The van der Waals surface area contributed by atoms with Crippen LogP contribution in [0.5, 0.6) is 0 Å². The summed E-state index contributed by atoms with van der Waals surface area (Å²) in [6, 6.07) is 0.110. The molecule has 0 aromatic heterocycles. The minimum atomic E-state index is -0.0844. The van der Waals surface area contributed by atoms with E-state index in [1.807, 2.05) is 20.8 Å². The summed E-state index contributed by atoms with van der Waals surface area (Å²) in [5.74, 6) is 0.365. The third-order valence-electron chi connectivity index (χ3n) is 3.31. The van der Waals surface area contributed by atoms with Gasteiger partial charge in [-0.2, -0.15) is 0 Å². The van der Waals surface area contributed by atoms with Gasteiger partial charge in [-0.3, -0.25) is 9.59 Å². The van der Waals surface area contributed by atoms with Crippen LogP contribution in [0.2, 0.25) is 0 Å². The molecule has 0 aromatic carbocycles. The molecule has 2 amide bonds. The molecule has 1 heterocycles. The number of hydrogen-bond donors (Lipinski definition) is 2. The highest BCUT2D eigenvalue weighted by Gasteiger charge is 2.32. The quantitative estimate of drug-likeness (QED) is 0.738. The number of likely N-dealkylation sites (N-methyl/N-ethyl adjacent to an activating group) is 1. The average Bonchev–Trinajstić information content (AvgIpc) is 2.70. The number of amides is 2. The summed E-state index contributed by atoms with van der Waals surface area (Å²) in [5.41, 5.74) is 0. The Morgan fingerprint density at radius 2 is 2.06 bits per heavy atom. The van der Waals surface area contributed by atoms with Crippen molar-refractivity contribution in [3.63, 3.8) is 0 Å². The maximum absolute atomic E-state index is 12.3. The first-order valence-electron chi connectivity index (χ1n) is 6.74. The van der Waals surface area contributed by atoms with Crippen molar-refractivity contribution in [1.82, 2.24) is 15.5 Å². The summed E-state index contributed by atoms with van der Waals surface area (Å²) >= 11 is 0. The zero-order valence-electron chi connectivity index (χ0n) is 11.8. The van der Waals surface area contributed by atoms with E-state index in [1.54, 1.807) is 4.90 Å². The largest absolute Gasteiger partial charge is 0.352 e. The Labute approximate surface area is 109 Å². The lowest BCUT2D eigenvalue weighted by Gasteiger charge is -2.25. The number of carbonyl (C=O) groups is 2. The molecule has 1 fully saturated rings. The highest BCUT2D eigenvalue weighted by molar-refractivity contribution is 5.86. The van der Waals surface area contributed by atoms with Crippen LogP contribution in [0.4, 0.5) is 0 Å². The molecular formula is C13H25N3O2. The first-order valence-corrected chi connectivity index (χ1v) is 6.74. The van der Waals surface area contributed by atoms with Crippen molar-refractivity contribution in [2.24, 2.45) is 11.8 Å². The SMILES string of the molecule is CCN(CC(=O)NC(C)C)C(=O)[C@@H]1CNC[C@H]1C. The average molecular weight is 255 g/mol. The molecule has 0 spiro atoms. The molecule has 1 rings (SSSR count). The third-order valence-corrected chi connectivity index (χ3v) is 3.31. The van der Waals surface area contributed by atoms with Crippen LogP contribution < -0.4 is 10.6 Å².